The quantitative estimate of drug-likeness (QED) is 0.919. The summed E-state index contributed by atoms with van der Waals surface area (Å²) in [7, 11) is 0. The van der Waals surface area contributed by atoms with Crippen LogP contribution < -0.4 is 0 Å². The second-order valence-electron chi connectivity index (χ2n) is 4.22. The van der Waals surface area contributed by atoms with Crippen molar-refractivity contribution in [3.8, 4) is 0 Å². The van der Waals surface area contributed by atoms with Crippen LogP contribution in [0.1, 0.15) is 18.5 Å². The monoisotopic (exact) mass is 327 g/mol. The molecule has 2 atom stereocenters. The molecule has 2 unspecified atom stereocenters. The molecule has 1 N–H and O–H groups in total. The lowest BCUT2D eigenvalue weighted by Crippen LogP contribution is -2.51. The van der Waals surface area contributed by atoms with Gasteiger partial charge >= 0.3 is 5.97 Å². The lowest BCUT2D eigenvalue weighted by atomic mass is 9.98. The van der Waals surface area contributed by atoms with Gasteiger partial charge in [0.05, 0.1) is 6.04 Å². The average molecular weight is 328 g/mol. The van der Waals surface area contributed by atoms with Crippen molar-refractivity contribution in [1.82, 2.24) is 4.90 Å². The number of hydrogen-bond donors (Lipinski definition) is 1. The summed E-state index contributed by atoms with van der Waals surface area (Å²) < 4.78 is 5.96. The Bertz CT molecular complexity index is 503. The number of carbonyl (C=O) groups excluding carboxylic acids is 1. The minimum Gasteiger partial charge on any atom is -0.479 e. The third kappa shape index (κ3) is 2.64. The summed E-state index contributed by atoms with van der Waals surface area (Å²) in [6, 6.07) is 6.66. The average Bonchev–Trinajstić information content (AvgIpc) is 2.38. The van der Waals surface area contributed by atoms with E-state index in [4.69, 9.17) is 4.74 Å². The van der Waals surface area contributed by atoms with Gasteiger partial charge in [-0.3, -0.25) is 4.79 Å². The van der Waals surface area contributed by atoms with Crippen molar-refractivity contribution in [3.63, 3.8) is 0 Å². The highest BCUT2D eigenvalue weighted by molar-refractivity contribution is 9.10. The SMILES string of the molecule is CCN1C(=O)COC(C(=O)O)C1c1ccccc1Br. The minimum atomic E-state index is -1.06. The zero-order valence-electron chi connectivity index (χ0n) is 10.4. The molecule has 0 spiro atoms. The number of amides is 1. The molecule has 1 aliphatic heterocycles. The van der Waals surface area contributed by atoms with Crippen LogP contribution in [0.15, 0.2) is 28.7 Å². The second kappa shape index (κ2) is 5.71. The van der Waals surface area contributed by atoms with Gasteiger partial charge in [-0.05, 0) is 18.6 Å². The van der Waals surface area contributed by atoms with Gasteiger partial charge in [-0.15, -0.1) is 0 Å². The van der Waals surface area contributed by atoms with Crippen LogP contribution in [-0.4, -0.2) is 41.1 Å². The summed E-state index contributed by atoms with van der Waals surface area (Å²) in [6.07, 6.45) is -1.05. The Labute approximate surface area is 119 Å². The first kappa shape index (κ1) is 14.0. The minimum absolute atomic E-state index is 0.189. The predicted molar refractivity (Wildman–Crippen MR) is 71.6 cm³/mol. The molecule has 0 saturated carbocycles. The first-order valence-corrected chi connectivity index (χ1v) is 6.73. The predicted octanol–water partition coefficient (Wildman–Crippen LogP) is 1.82. The number of nitrogens with zero attached hydrogens (tertiary/aromatic N) is 1. The largest absolute Gasteiger partial charge is 0.479 e. The molecule has 0 bridgehead atoms. The second-order valence-corrected chi connectivity index (χ2v) is 5.07. The van der Waals surface area contributed by atoms with E-state index in [1.165, 1.54) is 0 Å². The number of aliphatic carboxylic acids is 1. The highest BCUT2D eigenvalue weighted by Crippen LogP contribution is 2.34. The van der Waals surface area contributed by atoms with Gasteiger partial charge in [0, 0.05) is 11.0 Å². The fraction of sp³-hybridized carbons (Fsp3) is 0.385. The Morgan fingerprint density at radius 2 is 2.21 bits per heavy atom. The molecule has 1 saturated heterocycles. The molecule has 102 valence electrons. The van der Waals surface area contributed by atoms with Crippen LogP contribution in [0.4, 0.5) is 0 Å². The molecule has 0 aliphatic carbocycles. The van der Waals surface area contributed by atoms with Crippen molar-refractivity contribution in [2.45, 2.75) is 19.1 Å². The zero-order valence-corrected chi connectivity index (χ0v) is 12.0. The van der Waals surface area contributed by atoms with Crippen molar-refractivity contribution in [2.75, 3.05) is 13.2 Å². The highest BCUT2D eigenvalue weighted by atomic mass is 79.9. The molecule has 2 rings (SSSR count). The van der Waals surface area contributed by atoms with Crippen LogP contribution in [0, 0.1) is 0 Å². The third-order valence-electron chi connectivity index (χ3n) is 3.14. The van der Waals surface area contributed by atoms with Crippen LogP contribution in [0.3, 0.4) is 0 Å². The van der Waals surface area contributed by atoms with Gasteiger partial charge in [0.15, 0.2) is 6.10 Å². The molecule has 1 amide bonds. The maximum absolute atomic E-state index is 11.9. The van der Waals surface area contributed by atoms with Crippen LogP contribution in [0.2, 0.25) is 0 Å². The van der Waals surface area contributed by atoms with Gasteiger partial charge in [-0.1, -0.05) is 34.1 Å². The van der Waals surface area contributed by atoms with E-state index in [0.29, 0.717) is 6.54 Å². The van der Waals surface area contributed by atoms with E-state index >= 15 is 0 Å². The molecule has 1 aromatic carbocycles. The summed E-state index contributed by atoms with van der Waals surface area (Å²) in [5.41, 5.74) is 0.741. The number of rotatable bonds is 3. The third-order valence-corrected chi connectivity index (χ3v) is 3.86. The Kier molecular flexibility index (Phi) is 4.21. The first-order chi connectivity index (χ1) is 9.06. The molecular formula is C13H14BrNO4. The Morgan fingerprint density at radius 3 is 2.79 bits per heavy atom. The molecule has 1 aliphatic rings. The molecule has 1 aromatic rings. The summed E-state index contributed by atoms with van der Waals surface area (Å²) in [4.78, 5) is 24.8. The topological polar surface area (TPSA) is 66.8 Å². The number of benzene rings is 1. The highest BCUT2D eigenvalue weighted by Gasteiger charge is 2.41. The number of carboxylic acids is 1. The maximum Gasteiger partial charge on any atom is 0.335 e. The van der Waals surface area contributed by atoms with Crippen molar-refractivity contribution in [2.24, 2.45) is 0 Å². The molecule has 0 radical (unpaired) electrons. The van der Waals surface area contributed by atoms with Gasteiger partial charge < -0.3 is 14.7 Å². The number of morpholine rings is 1. The summed E-state index contributed by atoms with van der Waals surface area (Å²) >= 11 is 3.40. The first-order valence-electron chi connectivity index (χ1n) is 5.94. The maximum atomic E-state index is 11.9. The smallest absolute Gasteiger partial charge is 0.335 e. The summed E-state index contributed by atoms with van der Waals surface area (Å²) in [6.45, 7) is 2.08. The fourth-order valence-electron chi connectivity index (χ4n) is 2.28. The van der Waals surface area contributed by atoms with Gasteiger partial charge in [-0.2, -0.15) is 0 Å². The van der Waals surface area contributed by atoms with E-state index in [2.05, 4.69) is 15.9 Å². The van der Waals surface area contributed by atoms with Crippen LogP contribution in [0.5, 0.6) is 0 Å². The van der Waals surface area contributed by atoms with E-state index < -0.39 is 18.1 Å². The number of carbonyl (C=O) groups is 2. The molecular weight excluding hydrogens is 314 g/mol. The van der Waals surface area contributed by atoms with Crippen LogP contribution in [-0.2, 0) is 14.3 Å². The van der Waals surface area contributed by atoms with Crippen molar-refractivity contribution >= 4 is 27.8 Å². The molecule has 6 heteroatoms. The molecule has 1 heterocycles. The van der Waals surface area contributed by atoms with E-state index in [1.54, 1.807) is 11.0 Å². The normalized spacial score (nSPS) is 23.5. The molecule has 0 aromatic heterocycles. The van der Waals surface area contributed by atoms with E-state index in [9.17, 15) is 14.7 Å². The zero-order chi connectivity index (χ0) is 14.0. The number of halogens is 1. The van der Waals surface area contributed by atoms with E-state index in [-0.39, 0.29) is 12.5 Å². The summed E-state index contributed by atoms with van der Waals surface area (Å²) in [5.74, 6) is -1.26. The fourth-order valence-corrected chi connectivity index (χ4v) is 2.80. The molecule has 5 nitrogen and oxygen atoms in total. The van der Waals surface area contributed by atoms with Crippen molar-refractivity contribution in [3.05, 3.63) is 34.3 Å². The van der Waals surface area contributed by atoms with Crippen LogP contribution >= 0.6 is 15.9 Å². The molecule has 1 fully saturated rings. The molecule has 19 heavy (non-hydrogen) atoms. The van der Waals surface area contributed by atoms with Gasteiger partial charge in [-0.25, -0.2) is 4.79 Å². The number of ether oxygens (including phenoxy) is 1. The lowest BCUT2D eigenvalue weighted by molar-refractivity contribution is -0.172. The van der Waals surface area contributed by atoms with Gasteiger partial charge in [0.2, 0.25) is 5.91 Å². The van der Waals surface area contributed by atoms with Gasteiger partial charge in [0.1, 0.15) is 6.61 Å². The number of likely N-dealkylation sites (N-methyl/N-ethyl adjacent to an activating group) is 1. The van der Waals surface area contributed by atoms with E-state index in [0.717, 1.165) is 10.0 Å². The summed E-state index contributed by atoms with van der Waals surface area (Å²) in [5, 5.41) is 9.28. The van der Waals surface area contributed by atoms with Gasteiger partial charge in [0.25, 0.3) is 0 Å². The Morgan fingerprint density at radius 1 is 1.53 bits per heavy atom. The standard InChI is InChI=1S/C13H14BrNO4/c1-2-15-10(16)7-19-12(13(17)18)11(15)8-5-3-4-6-9(8)14/h3-6,11-12H,2,7H2,1H3,(H,17,18). The lowest BCUT2D eigenvalue weighted by Gasteiger charge is -2.39. The number of hydrogen-bond acceptors (Lipinski definition) is 3. The van der Waals surface area contributed by atoms with E-state index in [1.807, 2.05) is 25.1 Å². The Hall–Kier alpha value is -1.40. The Balaban J connectivity index is 2.47. The number of carboxylic acid groups (broad SMARTS) is 1. The van der Waals surface area contributed by atoms with Crippen molar-refractivity contribution < 1.29 is 19.4 Å². The van der Waals surface area contributed by atoms with Crippen LogP contribution in [0.25, 0.3) is 0 Å². The van der Waals surface area contributed by atoms with Crippen molar-refractivity contribution in [1.29, 1.82) is 0 Å².